The predicted molar refractivity (Wildman–Crippen MR) is 87.3 cm³/mol. The molecule has 118 valence electrons. The maximum atomic E-state index is 12.4. The zero-order valence-electron chi connectivity index (χ0n) is 13.1. The van der Waals surface area contributed by atoms with Gasteiger partial charge in [-0.25, -0.2) is 0 Å². The number of ether oxygens (including phenoxy) is 1. The van der Waals surface area contributed by atoms with Gasteiger partial charge in [0.25, 0.3) is 11.5 Å². The van der Waals surface area contributed by atoms with E-state index in [9.17, 15) is 9.59 Å². The Bertz CT molecular complexity index is 707. The van der Waals surface area contributed by atoms with Crippen LogP contribution in [0.15, 0.2) is 35.3 Å². The highest BCUT2D eigenvalue weighted by Gasteiger charge is 2.08. The number of fused-ring (bicyclic) bond motifs is 1. The highest BCUT2D eigenvalue weighted by molar-refractivity contribution is 5.88. The molecular formula is C17H22N2O3. The third kappa shape index (κ3) is 3.67. The average Bonchev–Trinajstić information content (AvgIpc) is 2.53. The van der Waals surface area contributed by atoms with E-state index < -0.39 is 0 Å². The van der Waals surface area contributed by atoms with Gasteiger partial charge >= 0.3 is 0 Å². The first-order valence-electron chi connectivity index (χ1n) is 7.69. The number of hydrogen-bond acceptors (Lipinski definition) is 3. The fourth-order valence-electron chi connectivity index (χ4n) is 2.29. The number of hydrogen-bond donors (Lipinski definition) is 1. The van der Waals surface area contributed by atoms with Gasteiger partial charge in [-0.2, -0.15) is 0 Å². The van der Waals surface area contributed by atoms with E-state index in [1.54, 1.807) is 29.0 Å². The Labute approximate surface area is 129 Å². The van der Waals surface area contributed by atoms with Gasteiger partial charge < -0.3 is 14.6 Å². The summed E-state index contributed by atoms with van der Waals surface area (Å²) < 4.78 is 7.27. The second-order valence-electron chi connectivity index (χ2n) is 5.17. The van der Waals surface area contributed by atoms with Crippen LogP contribution in [0.1, 0.15) is 26.7 Å². The number of rotatable bonds is 7. The van der Waals surface area contributed by atoms with Crippen LogP contribution in [0.4, 0.5) is 0 Å². The third-order valence-electron chi connectivity index (χ3n) is 3.37. The molecule has 2 aromatic rings. The molecule has 5 nitrogen and oxygen atoms in total. The van der Waals surface area contributed by atoms with Crippen molar-refractivity contribution in [1.29, 1.82) is 0 Å². The monoisotopic (exact) mass is 302 g/mol. The van der Waals surface area contributed by atoms with Crippen LogP contribution in [-0.2, 0) is 11.3 Å². The Morgan fingerprint density at radius 1 is 1.18 bits per heavy atom. The van der Waals surface area contributed by atoms with E-state index in [1.165, 1.54) is 0 Å². The van der Waals surface area contributed by atoms with Crippen molar-refractivity contribution in [1.82, 2.24) is 9.88 Å². The summed E-state index contributed by atoms with van der Waals surface area (Å²) in [5.74, 6) is 0.406. The topological polar surface area (TPSA) is 60.3 Å². The molecule has 1 heterocycles. The van der Waals surface area contributed by atoms with Gasteiger partial charge in [-0.3, -0.25) is 9.59 Å². The van der Waals surface area contributed by atoms with Gasteiger partial charge in [-0.15, -0.1) is 0 Å². The summed E-state index contributed by atoms with van der Waals surface area (Å²) in [4.78, 5) is 24.0. The van der Waals surface area contributed by atoms with Crippen molar-refractivity contribution in [3.05, 3.63) is 40.8 Å². The molecular weight excluding hydrogens is 280 g/mol. The van der Waals surface area contributed by atoms with Gasteiger partial charge in [-0.05, 0) is 31.0 Å². The number of nitrogens with one attached hydrogen (secondary N) is 1. The first-order valence-corrected chi connectivity index (χ1v) is 7.69. The lowest BCUT2D eigenvalue weighted by Gasteiger charge is -2.11. The first-order chi connectivity index (χ1) is 10.7. The fourth-order valence-corrected chi connectivity index (χ4v) is 2.29. The fraction of sp³-hybridized carbons (Fsp3) is 0.412. The predicted octanol–water partition coefficient (Wildman–Crippen LogP) is 2.32. The maximum absolute atomic E-state index is 12.4. The summed E-state index contributed by atoms with van der Waals surface area (Å²) >= 11 is 0. The molecule has 0 radical (unpaired) electrons. The van der Waals surface area contributed by atoms with E-state index in [0.29, 0.717) is 24.2 Å². The lowest BCUT2D eigenvalue weighted by Crippen LogP contribution is -2.29. The molecule has 5 heteroatoms. The molecule has 0 aliphatic heterocycles. The summed E-state index contributed by atoms with van der Waals surface area (Å²) in [7, 11) is 0. The van der Waals surface area contributed by atoms with E-state index in [-0.39, 0.29) is 18.1 Å². The SMILES string of the molecule is CCCNC(=O)COc1cccc2c(=O)n(CCC)ccc12. The number of carbonyl (C=O) groups is 1. The third-order valence-corrected chi connectivity index (χ3v) is 3.37. The van der Waals surface area contributed by atoms with Crippen molar-refractivity contribution in [2.24, 2.45) is 0 Å². The van der Waals surface area contributed by atoms with E-state index in [4.69, 9.17) is 4.74 Å². The molecule has 2 rings (SSSR count). The summed E-state index contributed by atoms with van der Waals surface area (Å²) in [6.45, 7) is 5.31. The van der Waals surface area contributed by atoms with Crippen LogP contribution in [0.25, 0.3) is 10.8 Å². The molecule has 0 unspecified atom stereocenters. The molecule has 0 atom stereocenters. The van der Waals surface area contributed by atoms with Crippen molar-refractivity contribution in [3.63, 3.8) is 0 Å². The Morgan fingerprint density at radius 3 is 2.73 bits per heavy atom. The largest absolute Gasteiger partial charge is 0.483 e. The van der Waals surface area contributed by atoms with Gasteiger partial charge in [0.1, 0.15) is 5.75 Å². The molecule has 1 aromatic heterocycles. The Morgan fingerprint density at radius 2 is 2.00 bits per heavy atom. The van der Waals surface area contributed by atoms with Gasteiger partial charge in [0.15, 0.2) is 6.61 Å². The highest BCUT2D eigenvalue weighted by atomic mass is 16.5. The van der Waals surface area contributed by atoms with Crippen LogP contribution < -0.4 is 15.6 Å². The van der Waals surface area contributed by atoms with Crippen molar-refractivity contribution in [3.8, 4) is 5.75 Å². The van der Waals surface area contributed by atoms with Crippen LogP contribution in [0.2, 0.25) is 0 Å². The van der Waals surface area contributed by atoms with Gasteiger partial charge in [0, 0.05) is 24.7 Å². The normalized spacial score (nSPS) is 10.6. The minimum atomic E-state index is -0.154. The molecule has 0 bridgehead atoms. The number of amides is 1. The maximum Gasteiger partial charge on any atom is 0.258 e. The second kappa shape index (κ2) is 7.64. The zero-order chi connectivity index (χ0) is 15.9. The smallest absolute Gasteiger partial charge is 0.258 e. The van der Waals surface area contributed by atoms with Crippen molar-refractivity contribution in [2.75, 3.05) is 13.2 Å². The van der Waals surface area contributed by atoms with E-state index in [0.717, 1.165) is 18.2 Å². The van der Waals surface area contributed by atoms with Gasteiger partial charge in [0.2, 0.25) is 0 Å². The first kappa shape index (κ1) is 16.1. The second-order valence-corrected chi connectivity index (χ2v) is 5.17. The summed E-state index contributed by atoms with van der Waals surface area (Å²) in [6.07, 6.45) is 3.56. The molecule has 0 saturated heterocycles. The lowest BCUT2D eigenvalue weighted by molar-refractivity contribution is -0.123. The Hall–Kier alpha value is -2.30. The molecule has 0 aliphatic carbocycles. The molecule has 1 N–H and O–H groups in total. The summed E-state index contributed by atoms with van der Waals surface area (Å²) in [6, 6.07) is 7.21. The van der Waals surface area contributed by atoms with Crippen molar-refractivity contribution in [2.45, 2.75) is 33.2 Å². The van der Waals surface area contributed by atoms with Crippen LogP contribution in [0, 0.1) is 0 Å². The number of pyridine rings is 1. The van der Waals surface area contributed by atoms with Gasteiger partial charge in [-0.1, -0.05) is 19.9 Å². The van der Waals surface area contributed by atoms with E-state index >= 15 is 0 Å². The van der Waals surface area contributed by atoms with Crippen LogP contribution in [0.3, 0.4) is 0 Å². The zero-order valence-corrected chi connectivity index (χ0v) is 13.1. The Balaban J connectivity index is 2.23. The number of carbonyl (C=O) groups excluding carboxylic acids is 1. The molecule has 0 fully saturated rings. The number of nitrogens with zero attached hydrogens (tertiary/aromatic N) is 1. The standard InChI is InChI=1S/C17H22N2O3/c1-3-9-18-16(20)12-22-15-7-5-6-14-13(15)8-11-19(10-4-2)17(14)21/h5-8,11H,3-4,9-10,12H2,1-2H3,(H,18,20). The molecule has 1 aromatic carbocycles. The molecule has 1 amide bonds. The van der Waals surface area contributed by atoms with Crippen molar-refractivity contribution >= 4 is 16.7 Å². The summed E-state index contributed by atoms with van der Waals surface area (Å²) in [5.41, 5.74) is -0.0276. The van der Waals surface area contributed by atoms with E-state index in [2.05, 4.69) is 5.32 Å². The van der Waals surface area contributed by atoms with Crippen molar-refractivity contribution < 1.29 is 9.53 Å². The quantitative estimate of drug-likeness (QED) is 0.854. The molecule has 22 heavy (non-hydrogen) atoms. The Kier molecular flexibility index (Phi) is 5.58. The number of benzene rings is 1. The molecule has 0 aliphatic rings. The lowest BCUT2D eigenvalue weighted by atomic mass is 10.1. The number of aromatic nitrogens is 1. The van der Waals surface area contributed by atoms with E-state index in [1.807, 2.05) is 19.9 Å². The van der Waals surface area contributed by atoms with Crippen LogP contribution in [-0.4, -0.2) is 23.6 Å². The van der Waals surface area contributed by atoms with Crippen LogP contribution >= 0.6 is 0 Å². The number of aryl methyl sites for hydroxylation is 1. The molecule has 0 saturated carbocycles. The molecule has 0 spiro atoms. The summed E-state index contributed by atoms with van der Waals surface area (Å²) in [5, 5.41) is 4.11. The minimum absolute atomic E-state index is 0.0276. The van der Waals surface area contributed by atoms with Gasteiger partial charge in [0.05, 0.1) is 5.39 Å². The minimum Gasteiger partial charge on any atom is -0.483 e. The van der Waals surface area contributed by atoms with Crippen LogP contribution in [0.5, 0.6) is 5.75 Å². The highest BCUT2D eigenvalue weighted by Crippen LogP contribution is 2.23. The average molecular weight is 302 g/mol.